The van der Waals surface area contributed by atoms with E-state index in [9.17, 15) is 4.79 Å². The van der Waals surface area contributed by atoms with Crippen LogP contribution in [-0.4, -0.2) is 33.9 Å². The second-order valence-electron chi connectivity index (χ2n) is 7.47. The van der Waals surface area contributed by atoms with Crippen molar-refractivity contribution in [1.29, 1.82) is 0 Å². The van der Waals surface area contributed by atoms with Gasteiger partial charge in [-0.3, -0.25) is 9.69 Å². The van der Waals surface area contributed by atoms with Gasteiger partial charge in [0.15, 0.2) is 0 Å². The molecule has 0 spiro atoms. The van der Waals surface area contributed by atoms with Gasteiger partial charge in [-0.15, -0.1) is 0 Å². The highest BCUT2D eigenvalue weighted by molar-refractivity contribution is 5.82. The third kappa shape index (κ3) is 3.34. The molecule has 2 aromatic rings. The SMILES string of the molecule is C[C@@H](C(=O)NC1CCCC1)N(Cc1ccc2[nH]ccc2c1)C1CC1. The minimum Gasteiger partial charge on any atom is -0.361 e. The van der Waals surface area contributed by atoms with E-state index in [4.69, 9.17) is 0 Å². The van der Waals surface area contributed by atoms with Crippen LogP contribution in [0.1, 0.15) is 51.0 Å². The normalized spacial score (nSPS) is 19.9. The average molecular weight is 325 g/mol. The molecule has 0 saturated heterocycles. The van der Waals surface area contributed by atoms with Crippen LogP contribution in [0.4, 0.5) is 0 Å². The molecule has 1 heterocycles. The molecule has 2 N–H and O–H groups in total. The molecule has 1 aromatic carbocycles. The largest absolute Gasteiger partial charge is 0.361 e. The Labute approximate surface area is 143 Å². The Morgan fingerprint density at radius 1 is 1.25 bits per heavy atom. The number of nitrogens with zero attached hydrogens (tertiary/aromatic N) is 1. The lowest BCUT2D eigenvalue weighted by Gasteiger charge is -2.29. The zero-order valence-electron chi connectivity index (χ0n) is 14.4. The zero-order chi connectivity index (χ0) is 16.5. The highest BCUT2D eigenvalue weighted by atomic mass is 16.2. The predicted octanol–water partition coefficient (Wildman–Crippen LogP) is 3.58. The van der Waals surface area contributed by atoms with Crippen LogP contribution in [-0.2, 0) is 11.3 Å². The van der Waals surface area contributed by atoms with Gasteiger partial charge in [-0.1, -0.05) is 18.9 Å². The Morgan fingerprint density at radius 3 is 2.79 bits per heavy atom. The fourth-order valence-corrected chi connectivity index (χ4v) is 3.94. The number of nitrogens with one attached hydrogen (secondary N) is 2. The fraction of sp³-hybridized carbons (Fsp3) is 0.550. The molecular weight excluding hydrogens is 298 g/mol. The van der Waals surface area contributed by atoms with E-state index in [1.165, 1.54) is 42.1 Å². The number of amides is 1. The highest BCUT2D eigenvalue weighted by Gasteiger charge is 2.35. The van der Waals surface area contributed by atoms with Crippen molar-refractivity contribution in [2.24, 2.45) is 0 Å². The molecule has 1 atom stereocenters. The quantitative estimate of drug-likeness (QED) is 0.853. The third-order valence-electron chi connectivity index (χ3n) is 5.58. The molecule has 0 bridgehead atoms. The molecule has 1 aromatic heterocycles. The van der Waals surface area contributed by atoms with Gasteiger partial charge in [0.1, 0.15) is 0 Å². The number of hydrogen-bond acceptors (Lipinski definition) is 2. The van der Waals surface area contributed by atoms with Crippen LogP contribution in [0, 0.1) is 0 Å². The van der Waals surface area contributed by atoms with Crippen LogP contribution in [0.5, 0.6) is 0 Å². The summed E-state index contributed by atoms with van der Waals surface area (Å²) in [5, 5.41) is 4.51. The van der Waals surface area contributed by atoms with Gasteiger partial charge in [0.2, 0.25) is 5.91 Å². The van der Waals surface area contributed by atoms with Crippen molar-refractivity contribution in [2.45, 2.75) is 70.1 Å². The van der Waals surface area contributed by atoms with E-state index in [-0.39, 0.29) is 11.9 Å². The van der Waals surface area contributed by atoms with Crippen LogP contribution in [0.25, 0.3) is 10.9 Å². The van der Waals surface area contributed by atoms with Gasteiger partial charge in [0.05, 0.1) is 6.04 Å². The number of aromatic nitrogens is 1. The summed E-state index contributed by atoms with van der Waals surface area (Å²) < 4.78 is 0. The lowest BCUT2D eigenvalue weighted by Crippen LogP contribution is -2.48. The van der Waals surface area contributed by atoms with E-state index >= 15 is 0 Å². The number of rotatable bonds is 6. The Bertz CT molecular complexity index is 712. The number of H-pyrrole nitrogens is 1. The summed E-state index contributed by atoms with van der Waals surface area (Å²) in [5.41, 5.74) is 2.46. The molecule has 128 valence electrons. The van der Waals surface area contributed by atoms with E-state index in [0.29, 0.717) is 12.1 Å². The van der Waals surface area contributed by atoms with Gasteiger partial charge < -0.3 is 10.3 Å². The monoisotopic (exact) mass is 325 g/mol. The standard InChI is InChI=1S/C20H27N3O/c1-14(20(24)22-17-4-2-3-5-17)23(18-7-8-18)13-15-6-9-19-16(12-15)10-11-21-19/h6,9-12,14,17-18,21H,2-5,7-8,13H2,1H3,(H,22,24)/t14-/m0/s1. The van der Waals surface area contributed by atoms with Gasteiger partial charge in [-0.2, -0.15) is 0 Å². The topological polar surface area (TPSA) is 48.1 Å². The third-order valence-corrected chi connectivity index (χ3v) is 5.58. The molecule has 2 saturated carbocycles. The van der Waals surface area contributed by atoms with Gasteiger partial charge in [0, 0.05) is 30.3 Å². The smallest absolute Gasteiger partial charge is 0.237 e. The van der Waals surface area contributed by atoms with Crippen LogP contribution in [0.3, 0.4) is 0 Å². The molecule has 4 heteroatoms. The van der Waals surface area contributed by atoms with Gasteiger partial charge in [-0.05, 0) is 61.8 Å². The van der Waals surface area contributed by atoms with Crippen molar-refractivity contribution in [3.05, 3.63) is 36.0 Å². The van der Waals surface area contributed by atoms with Crippen LogP contribution in [0.15, 0.2) is 30.5 Å². The van der Waals surface area contributed by atoms with Crippen molar-refractivity contribution in [2.75, 3.05) is 0 Å². The number of fused-ring (bicyclic) bond motifs is 1. The maximum atomic E-state index is 12.7. The molecule has 4 rings (SSSR count). The molecule has 0 aliphatic heterocycles. The minimum absolute atomic E-state index is 0.0555. The first-order valence-electron chi connectivity index (χ1n) is 9.33. The van der Waals surface area contributed by atoms with E-state index in [1.807, 2.05) is 6.20 Å². The molecule has 2 aliphatic carbocycles. The molecule has 24 heavy (non-hydrogen) atoms. The van der Waals surface area contributed by atoms with Crippen molar-refractivity contribution in [1.82, 2.24) is 15.2 Å². The first-order valence-corrected chi connectivity index (χ1v) is 9.33. The lowest BCUT2D eigenvalue weighted by molar-refractivity contribution is -0.127. The van der Waals surface area contributed by atoms with Crippen LogP contribution < -0.4 is 5.32 Å². The van der Waals surface area contributed by atoms with E-state index < -0.39 is 0 Å². The molecular formula is C20H27N3O. The molecule has 2 fully saturated rings. The summed E-state index contributed by atoms with van der Waals surface area (Å²) in [5.74, 6) is 0.205. The molecule has 4 nitrogen and oxygen atoms in total. The Kier molecular flexibility index (Phi) is 4.31. The Hall–Kier alpha value is -1.81. The zero-order valence-corrected chi connectivity index (χ0v) is 14.4. The van der Waals surface area contributed by atoms with E-state index in [0.717, 1.165) is 19.4 Å². The number of carbonyl (C=O) groups excluding carboxylic acids is 1. The second-order valence-corrected chi connectivity index (χ2v) is 7.47. The number of benzene rings is 1. The summed E-state index contributed by atoms with van der Waals surface area (Å²) in [7, 11) is 0. The summed E-state index contributed by atoms with van der Waals surface area (Å²) in [6, 6.07) is 9.57. The minimum atomic E-state index is -0.0555. The van der Waals surface area contributed by atoms with Gasteiger partial charge in [0.25, 0.3) is 0 Å². The van der Waals surface area contributed by atoms with Crippen LogP contribution in [0.2, 0.25) is 0 Å². The maximum Gasteiger partial charge on any atom is 0.237 e. The van der Waals surface area contributed by atoms with Crippen LogP contribution >= 0.6 is 0 Å². The van der Waals surface area contributed by atoms with E-state index in [2.05, 4.69) is 46.4 Å². The number of hydrogen-bond donors (Lipinski definition) is 2. The highest BCUT2D eigenvalue weighted by Crippen LogP contribution is 2.31. The lowest BCUT2D eigenvalue weighted by atomic mass is 10.1. The van der Waals surface area contributed by atoms with Crippen molar-refractivity contribution in [3.63, 3.8) is 0 Å². The number of aromatic amines is 1. The Balaban J connectivity index is 1.45. The van der Waals surface area contributed by atoms with Gasteiger partial charge in [-0.25, -0.2) is 0 Å². The summed E-state index contributed by atoms with van der Waals surface area (Å²) in [4.78, 5) is 18.3. The first kappa shape index (κ1) is 15.7. The maximum absolute atomic E-state index is 12.7. The van der Waals surface area contributed by atoms with Crippen molar-refractivity contribution in [3.8, 4) is 0 Å². The number of carbonyl (C=O) groups is 1. The van der Waals surface area contributed by atoms with E-state index in [1.54, 1.807) is 0 Å². The average Bonchev–Trinajstić information content (AvgIpc) is 3.09. The van der Waals surface area contributed by atoms with Crippen molar-refractivity contribution < 1.29 is 4.79 Å². The summed E-state index contributed by atoms with van der Waals surface area (Å²) >= 11 is 0. The molecule has 2 aliphatic rings. The molecule has 0 unspecified atom stereocenters. The van der Waals surface area contributed by atoms with Gasteiger partial charge >= 0.3 is 0 Å². The summed E-state index contributed by atoms with van der Waals surface area (Å²) in [6.07, 6.45) is 9.20. The van der Waals surface area contributed by atoms with Crippen molar-refractivity contribution >= 4 is 16.8 Å². The molecule has 1 amide bonds. The second kappa shape index (κ2) is 6.60. The fourth-order valence-electron chi connectivity index (χ4n) is 3.94. The molecule has 0 radical (unpaired) electrons. The first-order chi connectivity index (χ1) is 11.7. The Morgan fingerprint density at radius 2 is 2.04 bits per heavy atom. The predicted molar refractivity (Wildman–Crippen MR) is 96.7 cm³/mol. The summed E-state index contributed by atoms with van der Waals surface area (Å²) in [6.45, 7) is 2.92.